The van der Waals surface area contributed by atoms with Crippen LogP contribution < -0.4 is 10.1 Å². The van der Waals surface area contributed by atoms with Crippen molar-refractivity contribution in [3.05, 3.63) is 29.8 Å². The van der Waals surface area contributed by atoms with Gasteiger partial charge in [0.25, 0.3) is 0 Å². The lowest BCUT2D eigenvalue weighted by Gasteiger charge is -2.15. The van der Waals surface area contributed by atoms with Crippen molar-refractivity contribution in [2.24, 2.45) is 5.92 Å². The van der Waals surface area contributed by atoms with E-state index < -0.39 is 12.3 Å². The Morgan fingerprint density at radius 1 is 1.33 bits per heavy atom. The summed E-state index contributed by atoms with van der Waals surface area (Å²) < 4.78 is 40.5. The Balaban J connectivity index is 1.53. The second-order valence-electron chi connectivity index (χ2n) is 6.09. The molecule has 24 heavy (non-hydrogen) atoms. The van der Waals surface area contributed by atoms with E-state index in [0.29, 0.717) is 12.1 Å². The Kier molecular flexibility index (Phi) is 4.38. The molecule has 0 bridgehead atoms. The lowest BCUT2D eigenvalue weighted by Crippen LogP contribution is -2.33. The minimum Gasteiger partial charge on any atom is -0.406 e. The van der Waals surface area contributed by atoms with E-state index in [1.807, 2.05) is 0 Å². The van der Waals surface area contributed by atoms with E-state index in [1.54, 1.807) is 11.0 Å². The molecule has 130 valence electrons. The maximum Gasteiger partial charge on any atom is 0.573 e. The molecular weight excluding hydrogens is 325 g/mol. The summed E-state index contributed by atoms with van der Waals surface area (Å²) in [6.45, 7) is 0.508. The van der Waals surface area contributed by atoms with Crippen molar-refractivity contribution in [2.45, 2.75) is 38.2 Å². The second kappa shape index (κ2) is 6.33. The van der Waals surface area contributed by atoms with Gasteiger partial charge in [-0.1, -0.05) is 12.1 Å². The highest BCUT2D eigenvalue weighted by molar-refractivity contribution is 5.89. The number of rotatable bonds is 5. The first-order valence-electron chi connectivity index (χ1n) is 7.74. The van der Waals surface area contributed by atoms with Gasteiger partial charge in [-0.2, -0.15) is 0 Å². The second-order valence-corrected chi connectivity index (χ2v) is 6.09. The van der Waals surface area contributed by atoms with Crippen LogP contribution >= 0.6 is 0 Å². The fraction of sp³-hybridized carbons (Fsp3) is 0.500. The Morgan fingerprint density at radius 3 is 2.75 bits per heavy atom. The lowest BCUT2D eigenvalue weighted by molar-refractivity contribution is -0.274. The number of carbonyl (C=O) groups excluding carboxylic acids is 2. The van der Waals surface area contributed by atoms with Crippen LogP contribution in [0.4, 0.5) is 13.2 Å². The largest absolute Gasteiger partial charge is 0.573 e. The zero-order chi connectivity index (χ0) is 17.3. The van der Waals surface area contributed by atoms with Crippen molar-refractivity contribution in [3.8, 4) is 5.75 Å². The summed E-state index contributed by atoms with van der Waals surface area (Å²) in [6.07, 6.45) is -2.57. The summed E-state index contributed by atoms with van der Waals surface area (Å²) >= 11 is 0. The monoisotopic (exact) mass is 342 g/mol. The third kappa shape index (κ3) is 4.18. The van der Waals surface area contributed by atoms with E-state index in [4.69, 9.17) is 0 Å². The van der Waals surface area contributed by atoms with E-state index in [1.165, 1.54) is 18.2 Å². The van der Waals surface area contributed by atoms with Crippen LogP contribution in [0.1, 0.15) is 24.8 Å². The third-order valence-corrected chi connectivity index (χ3v) is 4.12. The molecule has 2 aliphatic rings. The number of hydrogen-bond acceptors (Lipinski definition) is 3. The maximum atomic E-state index is 12.2. The number of amides is 2. The molecule has 1 saturated heterocycles. The number of hydrogen-bond donors (Lipinski definition) is 1. The summed E-state index contributed by atoms with van der Waals surface area (Å²) in [7, 11) is 0. The summed E-state index contributed by atoms with van der Waals surface area (Å²) in [5, 5.41) is 2.68. The standard InChI is InChI=1S/C16H17F3N2O3/c17-16(18,19)24-13-3-1-2-10(6-13)8-20-15(23)11-7-14(22)21(9-11)12-4-5-12/h1-3,6,11-12H,4-5,7-9H2,(H,20,23)/t11-/m0/s1. The van der Waals surface area contributed by atoms with Gasteiger partial charge in [-0.25, -0.2) is 0 Å². The first kappa shape index (κ1) is 16.6. The molecule has 1 aliphatic carbocycles. The van der Waals surface area contributed by atoms with Crippen LogP contribution in [0.15, 0.2) is 24.3 Å². The molecule has 1 aromatic carbocycles. The molecule has 8 heteroatoms. The maximum absolute atomic E-state index is 12.2. The number of ether oxygens (including phenoxy) is 1. The number of carbonyl (C=O) groups is 2. The van der Waals surface area contributed by atoms with E-state index >= 15 is 0 Å². The quantitative estimate of drug-likeness (QED) is 0.893. The first-order valence-corrected chi connectivity index (χ1v) is 7.74. The van der Waals surface area contributed by atoms with Gasteiger partial charge < -0.3 is 15.0 Å². The number of nitrogens with zero attached hydrogens (tertiary/aromatic N) is 1. The van der Waals surface area contributed by atoms with Crippen molar-refractivity contribution in [3.63, 3.8) is 0 Å². The van der Waals surface area contributed by atoms with E-state index in [0.717, 1.165) is 12.8 Å². The zero-order valence-corrected chi connectivity index (χ0v) is 12.8. The molecule has 0 aromatic heterocycles. The number of halogens is 3. The van der Waals surface area contributed by atoms with Gasteiger partial charge in [-0.05, 0) is 30.5 Å². The van der Waals surface area contributed by atoms with E-state index in [2.05, 4.69) is 10.1 Å². The summed E-state index contributed by atoms with van der Waals surface area (Å²) in [5.74, 6) is -0.982. The smallest absolute Gasteiger partial charge is 0.406 e. The van der Waals surface area contributed by atoms with Crippen molar-refractivity contribution in [1.29, 1.82) is 0 Å². The average molecular weight is 342 g/mol. The normalized spacial score (nSPS) is 21.0. The van der Waals surface area contributed by atoms with E-state index in [-0.39, 0.29) is 36.6 Å². The molecule has 1 saturated carbocycles. The molecule has 0 unspecified atom stereocenters. The Morgan fingerprint density at radius 2 is 2.08 bits per heavy atom. The Labute approximate surface area is 136 Å². The predicted octanol–water partition coefficient (Wildman–Crippen LogP) is 2.21. The van der Waals surface area contributed by atoms with Gasteiger partial charge in [0.15, 0.2) is 0 Å². The van der Waals surface area contributed by atoms with Crippen molar-refractivity contribution >= 4 is 11.8 Å². The van der Waals surface area contributed by atoms with Gasteiger partial charge in [0.2, 0.25) is 11.8 Å². The molecule has 1 heterocycles. The van der Waals surface area contributed by atoms with E-state index in [9.17, 15) is 22.8 Å². The predicted molar refractivity (Wildman–Crippen MR) is 77.8 cm³/mol. The summed E-state index contributed by atoms with van der Waals surface area (Å²) in [6, 6.07) is 5.73. The highest BCUT2D eigenvalue weighted by Crippen LogP contribution is 2.32. The van der Waals surface area contributed by atoms with Gasteiger partial charge in [0, 0.05) is 25.6 Å². The summed E-state index contributed by atoms with van der Waals surface area (Å²) in [5.41, 5.74) is 0.494. The topological polar surface area (TPSA) is 58.6 Å². The molecule has 1 aliphatic heterocycles. The highest BCUT2D eigenvalue weighted by atomic mass is 19.4. The SMILES string of the molecule is O=C(NCc1cccc(OC(F)(F)F)c1)[C@H]1CC(=O)N(C2CC2)C1. The molecule has 0 spiro atoms. The number of likely N-dealkylation sites (tertiary alicyclic amines) is 1. The van der Waals surface area contributed by atoms with Crippen LogP contribution in [0.3, 0.4) is 0 Å². The van der Waals surface area contributed by atoms with Crippen molar-refractivity contribution < 1.29 is 27.5 Å². The number of benzene rings is 1. The van der Waals surface area contributed by atoms with Gasteiger partial charge in [-0.15, -0.1) is 13.2 Å². The van der Waals surface area contributed by atoms with Gasteiger partial charge in [-0.3, -0.25) is 9.59 Å². The fourth-order valence-electron chi connectivity index (χ4n) is 2.83. The van der Waals surface area contributed by atoms with Crippen LogP contribution in [0.25, 0.3) is 0 Å². The molecule has 3 rings (SSSR count). The molecule has 1 atom stereocenters. The van der Waals surface area contributed by atoms with Crippen molar-refractivity contribution in [1.82, 2.24) is 10.2 Å². The molecular formula is C16H17F3N2O3. The van der Waals surface area contributed by atoms with Gasteiger partial charge in [0.05, 0.1) is 5.92 Å². The van der Waals surface area contributed by atoms with Crippen LogP contribution in [0.5, 0.6) is 5.75 Å². The van der Waals surface area contributed by atoms with Crippen LogP contribution in [0, 0.1) is 5.92 Å². The van der Waals surface area contributed by atoms with Gasteiger partial charge in [0.1, 0.15) is 5.75 Å². The zero-order valence-electron chi connectivity index (χ0n) is 12.8. The first-order chi connectivity index (χ1) is 11.3. The molecule has 0 radical (unpaired) electrons. The van der Waals surface area contributed by atoms with Crippen LogP contribution in [-0.4, -0.2) is 35.7 Å². The van der Waals surface area contributed by atoms with Gasteiger partial charge >= 0.3 is 6.36 Å². The molecule has 2 fully saturated rings. The fourth-order valence-corrected chi connectivity index (χ4v) is 2.83. The number of nitrogens with one attached hydrogen (secondary N) is 1. The highest BCUT2D eigenvalue weighted by Gasteiger charge is 2.41. The van der Waals surface area contributed by atoms with Crippen LogP contribution in [-0.2, 0) is 16.1 Å². The van der Waals surface area contributed by atoms with Crippen molar-refractivity contribution in [2.75, 3.05) is 6.54 Å². The molecule has 5 nitrogen and oxygen atoms in total. The Hall–Kier alpha value is -2.25. The summed E-state index contributed by atoms with van der Waals surface area (Å²) in [4.78, 5) is 25.8. The minimum atomic E-state index is -4.75. The molecule has 2 amide bonds. The third-order valence-electron chi connectivity index (χ3n) is 4.12. The molecule has 1 aromatic rings. The van der Waals surface area contributed by atoms with Crippen LogP contribution in [0.2, 0.25) is 0 Å². The minimum absolute atomic E-state index is 0.00164. The Bertz CT molecular complexity index is 644. The number of alkyl halides is 3. The molecule has 1 N–H and O–H groups in total. The lowest BCUT2D eigenvalue weighted by atomic mass is 10.1. The average Bonchev–Trinajstić information content (AvgIpc) is 3.26.